The Morgan fingerprint density at radius 1 is 1.30 bits per heavy atom. The minimum atomic E-state index is -0.160. The van der Waals surface area contributed by atoms with Gasteiger partial charge in [-0.15, -0.1) is 0 Å². The molecular formula is C17H24ClN3O2. The molecule has 6 heteroatoms. The van der Waals surface area contributed by atoms with Crippen molar-refractivity contribution in [2.75, 3.05) is 33.7 Å². The third-order valence-electron chi connectivity index (χ3n) is 4.09. The van der Waals surface area contributed by atoms with Crippen LogP contribution in [0.2, 0.25) is 5.02 Å². The fourth-order valence-electron chi connectivity index (χ4n) is 2.83. The average molecular weight is 338 g/mol. The van der Waals surface area contributed by atoms with Crippen LogP contribution in [-0.2, 0) is 16.0 Å². The van der Waals surface area contributed by atoms with Gasteiger partial charge in [-0.05, 0) is 43.5 Å². The summed E-state index contributed by atoms with van der Waals surface area (Å²) in [5, 5.41) is 3.63. The molecule has 1 heterocycles. The van der Waals surface area contributed by atoms with E-state index in [0.717, 1.165) is 31.4 Å². The number of likely N-dealkylation sites (N-methyl/N-ethyl adjacent to an activating group) is 1. The Labute approximate surface area is 142 Å². The Morgan fingerprint density at radius 2 is 2.00 bits per heavy atom. The molecule has 0 aromatic heterocycles. The number of hydrogen-bond acceptors (Lipinski definition) is 3. The Morgan fingerprint density at radius 3 is 2.65 bits per heavy atom. The van der Waals surface area contributed by atoms with E-state index in [4.69, 9.17) is 11.6 Å². The van der Waals surface area contributed by atoms with Gasteiger partial charge in [0, 0.05) is 25.7 Å². The number of carbonyl (C=O) groups is 2. The number of likely N-dealkylation sites (tertiary alicyclic amines) is 1. The van der Waals surface area contributed by atoms with Crippen molar-refractivity contribution in [2.45, 2.75) is 25.3 Å². The van der Waals surface area contributed by atoms with E-state index in [-0.39, 0.29) is 24.4 Å². The number of benzene rings is 1. The van der Waals surface area contributed by atoms with Crippen LogP contribution in [0.15, 0.2) is 24.3 Å². The van der Waals surface area contributed by atoms with Gasteiger partial charge >= 0.3 is 0 Å². The molecule has 0 bridgehead atoms. The van der Waals surface area contributed by atoms with Gasteiger partial charge in [0.25, 0.3) is 0 Å². The lowest BCUT2D eigenvalue weighted by atomic mass is 10.1. The van der Waals surface area contributed by atoms with Gasteiger partial charge in [-0.2, -0.15) is 0 Å². The van der Waals surface area contributed by atoms with Gasteiger partial charge in [-0.25, -0.2) is 0 Å². The van der Waals surface area contributed by atoms with Crippen LogP contribution in [0, 0.1) is 0 Å². The van der Waals surface area contributed by atoms with E-state index < -0.39 is 0 Å². The minimum absolute atomic E-state index is 0.0302. The van der Waals surface area contributed by atoms with Crippen molar-refractivity contribution in [3.8, 4) is 0 Å². The molecule has 0 aliphatic carbocycles. The molecule has 23 heavy (non-hydrogen) atoms. The summed E-state index contributed by atoms with van der Waals surface area (Å²) in [5.41, 5.74) is 1.14. The number of halogens is 1. The van der Waals surface area contributed by atoms with Crippen molar-refractivity contribution in [1.29, 1.82) is 0 Å². The number of carbonyl (C=O) groups excluding carboxylic acids is 2. The van der Waals surface area contributed by atoms with E-state index in [1.165, 1.54) is 0 Å². The monoisotopic (exact) mass is 337 g/mol. The maximum absolute atomic E-state index is 12.1. The first-order valence-corrected chi connectivity index (χ1v) is 8.31. The van der Waals surface area contributed by atoms with Crippen LogP contribution in [0.3, 0.4) is 0 Å². The normalized spacial score (nSPS) is 18.0. The van der Waals surface area contributed by atoms with Crippen LogP contribution < -0.4 is 5.32 Å². The highest BCUT2D eigenvalue weighted by atomic mass is 35.5. The molecular weight excluding hydrogens is 314 g/mol. The molecule has 1 fully saturated rings. The summed E-state index contributed by atoms with van der Waals surface area (Å²) in [6, 6.07) is 7.45. The SMILES string of the molecule is CN(C)C(=O)C1CCCN1CC(=O)NCCc1ccc(Cl)cc1. The molecule has 1 aliphatic heterocycles. The largest absolute Gasteiger partial charge is 0.355 e. The van der Waals surface area contributed by atoms with Crippen LogP contribution >= 0.6 is 11.6 Å². The van der Waals surface area contributed by atoms with Gasteiger partial charge in [0.05, 0.1) is 12.6 Å². The third-order valence-corrected chi connectivity index (χ3v) is 4.34. The van der Waals surface area contributed by atoms with Gasteiger partial charge in [-0.3, -0.25) is 14.5 Å². The Bertz CT molecular complexity index is 545. The molecule has 1 N–H and O–H groups in total. The van der Waals surface area contributed by atoms with Crippen LogP contribution in [0.4, 0.5) is 0 Å². The standard InChI is InChI=1S/C17H24ClN3O2/c1-20(2)17(23)15-4-3-11-21(15)12-16(22)19-10-9-13-5-7-14(18)8-6-13/h5-8,15H,3-4,9-12H2,1-2H3,(H,19,22). The van der Waals surface area contributed by atoms with E-state index in [1.807, 2.05) is 29.2 Å². The molecule has 126 valence electrons. The number of hydrogen-bond donors (Lipinski definition) is 1. The first-order chi connectivity index (χ1) is 11.0. The number of amides is 2. The molecule has 5 nitrogen and oxygen atoms in total. The van der Waals surface area contributed by atoms with E-state index in [0.29, 0.717) is 11.6 Å². The second kappa shape index (κ2) is 8.31. The van der Waals surface area contributed by atoms with E-state index >= 15 is 0 Å². The van der Waals surface area contributed by atoms with Gasteiger partial charge in [-0.1, -0.05) is 23.7 Å². The van der Waals surface area contributed by atoms with Gasteiger partial charge < -0.3 is 10.2 Å². The fourth-order valence-corrected chi connectivity index (χ4v) is 2.96. The first kappa shape index (κ1) is 17.8. The molecule has 2 rings (SSSR count). The van der Waals surface area contributed by atoms with Crippen molar-refractivity contribution in [1.82, 2.24) is 15.1 Å². The van der Waals surface area contributed by atoms with Gasteiger partial charge in [0.15, 0.2) is 0 Å². The predicted molar refractivity (Wildman–Crippen MR) is 91.5 cm³/mol. The first-order valence-electron chi connectivity index (χ1n) is 7.93. The lowest BCUT2D eigenvalue weighted by molar-refractivity contribution is -0.134. The highest BCUT2D eigenvalue weighted by molar-refractivity contribution is 6.30. The third kappa shape index (κ3) is 5.22. The van der Waals surface area contributed by atoms with E-state index in [2.05, 4.69) is 5.32 Å². The van der Waals surface area contributed by atoms with Crippen LogP contribution in [0.25, 0.3) is 0 Å². The van der Waals surface area contributed by atoms with Crippen molar-refractivity contribution in [3.05, 3.63) is 34.9 Å². The molecule has 0 spiro atoms. The molecule has 1 aromatic carbocycles. The summed E-state index contributed by atoms with van der Waals surface area (Å²) in [7, 11) is 3.51. The molecule has 0 radical (unpaired) electrons. The second-order valence-corrected chi connectivity index (χ2v) is 6.52. The summed E-state index contributed by atoms with van der Waals surface area (Å²) in [4.78, 5) is 27.8. The fraction of sp³-hybridized carbons (Fsp3) is 0.529. The number of nitrogens with zero attached hydrogens (tertiary/aromatic N) is 2. The molecule has 1 aliphatic rings. The maximum atomic E-state index is 12.1. The zero-order valence-corrected chi connectivity index (χ0v) is 14.5. The van der Waals surface area contributed by atoms with E-state index in [9.17, 15) is 9.59 Å². The van der Waals surface area contributed by atoms with Crippen molar-refractivity contribution < 1.29 is 9.59 Å². The molecule has 1 aromatic rings. The summed E-state index contributed by atoms with van der Waals surface area (Å²) >= 11 is 5.85. The summed E-state index contributed by atoms with van der Waals surface area (Å²) in [6.45, 7) is 1.67. The Kier molecular flexibility index (Phi) is 6.42. The van der Waals surface area contributed by atoms with Gasteiger partial charge in [0.1, 0.15) is 0 Å². The zero-order valence-electron chi connectivity index (χ0n) is 13.7. The minimum Gasteiger partial charge on any atom is -0.355 e. The number of nitrogens with one attached hydrogen (secondary N) is 1. The highest BCUT2D eigenvalue weighted by Gasteiger charge is 2.32. The Hall–Kier alpha value is -1.59. The molecule has 1 saturated heterocycles. The Balaban J connectivity index is 1.75. The lowest BCUT2D eigenvalue weighted by Crippen LogP contribution is -2.46. The molecule has 1 unspecified atom stereocenters. The van der Waals surface area contributed by atoms with Crippen LogP contribution in [0.5, 0.6) is 0 Å². The molecule has 1 atom stereocenters. The van der Waals surface area contributed by atoms with Crippen molar-refractivity contribution in [3.63, 3.8) is 0 Å². The van der Waals surface area contributed by atoms with Crippen LogP contribution in [-0.4, -0.2) is 61.4 Å². The smallest absolute Gasteiger partial charge is 0.239 e. The highest BCUT2D eigenvalue weighted by Crippen LogP contribution is 2.18. The van der Waals surface area contributed by atoms with Crippen molar-refractivity contribution >= 4 is 23.4 Å². The second-order valence-electron chi connectivity index (χ2n) is 6.09. The maximum Gasteiger partial charge on any atom is 0.239 e. The molecule has 2 amide bonds. The lowest BCUT2D eigenvalue weighted by Gasteiger charge is -2.25. The summed E-state index contributed by atoms with van der Waals surface area (Å²) in [5.74, 6) is 0.0499. The predicted octanol–water partition coefficient (Wildman–Crippen LogP) is 1.55. The zero-order chi connectivity index (χ0) is 16.8. The van der Waals surface area contributed by atoms with Crippen molar-refractivity contribution in [2.24, 2.45) is 0 Å². The summed E-state index contributed by atoms with van der Waals surface area (Å²) < 4.78 is 0. The quantitative estimate of drug-likeness (QED) is 0.857. The van der Waals surface area contributed by atoms with Crippen LogP contribution in [0.1, 0.15) is 18.4 Å². The average Bonchev–Trinajstić information content (AvgIpc) is 2.96. The topological polar surface area (TPSA) is 52.7 Å². The number of rotatable bonds is 6. The summed E-state index contributed by atoms with van der Waals surface area (Å²) in [6.07, 6.45) is 2.56. The van der Waals surface area contributed by atoms with E-state index in [1.54, 1.807) is 19.0 Å². The molecule has 0 saturated carbocycles. The van der Waals surface area contributed by atoms with Gasteiger partial charge in [0.2, 0.25) is 11.8 Å².